The fourth-order valence-corrected chi connectivity index (χ4v) is 4.89. The minimum absolute atomic E-state index is 0.00630. The lowest BCUT2D eigenvalue weighted by Crippen LogP contribution is -2.51. The molecule has 0 bridgehead atoms. The van der Waals surface area contributed by atoms with Gasteiger partial charge in [-0.25, -0.2) is 14.4 Å². The third-order valence-electron chi connectivity index (χ3n) is 6.56. The molecule has 9 heteroatoms. The summed E-state index contributed by atoms with van der Waals surface area (Å²) in [5.41, 5.74) is 2.45. The number of aryl methyl sites for hydroxylation is 1. The fraction of sp³-hybridized carbons (Fsp3) is 0.308. The van der Waals surface area contributed by atoms with Crippen LogP contribution in [0.1, 0.15) is 35.7 Å². The minimum Gasteiger partial charge on any atom is -0.424 e. The molecule has 0 radical (unpaired) electrons. The molecule has 5 rings (SSSR count). The van der Waals surface area contributed by atoms with Crippen molar-refractivity contribution >= 4 is 34.6 Å². The number of oxazole rings is 1. The van der Waals surface area contributed by atoms with Crippen molar-refractivity contribution in [3.63, 3.8) is 0 Å². The van der Waals surface area contributed by atoms with Gasteiger partial charge >= 0.3 is 0 Å². The summed E-state index contributed by atoms with van der Waals surface area (Å²) >= 11 is 6.05. The van der Waals surface area contributed by atoms with Crippen LogP contribution in [0.2, 0.25) is 5.02 Å². The molecule has 1 amide bonds. The highest BCUT2D eigenvalue weighted by atomic mass is 35.5. The number of fused-ring (bicyclic) bond motifs is 1. The van der Waals surface area contributed by atoms with Crippen LogP contribution < -0.4 is 5.32 Å². The highest BCUT2D eigenvalue weighted by molar-refractivity contribution is 6.31. The third-order valence-corrected chi connectivity index (χ3v) is 6.79. The first-order valence-corrected chi connectivity index (χ1v) is 12.0. The summed E-state index contributed by atoms with van der Waals surface area (Å²) in [4.78, 5) is 28.6. The van der Waals surface area contributed by atoms with E-state index in [1.54, 1.807) is 47.6 Å². The number of nitrogens with zero attached hydrogens (tertiary/aromatic N) is 4. The molecule has 0 saturated carbocycles. The highest BCUT2D eigenvalue weighted by Gasteiger charge is 2.35. The smallest absolute Gasteiger partial charge is 0.295 e. The van der Waals surface area contributed by atoms with Gasteiger partial charge in [-0.05, 0) is 55.5 Å². The lowest BCUT2D eigenvalue weighted by molar-refractivity contribution is 0.0535. The zero-order valence-electron chi connectivity index (χ0n) is 19.5. The highest BCUT2D eigenvalue weighted by Crippen LogP contribution is 2.32. The van der Waals surface area contributed by atoms with Gasteiger partial charge in [0.15, 0.2) is 11.4 Å². The number of halogens is 2. The van der Waals surface area contributed by atoms with Crippen molar-refractivity contribution in [2.75, 3.05) is 18.4 Å². The van der Waals surface area contributed by atoms with E-state index in [2.05, 4.69) is 27.2 Å². The summed E-state index contributed by atoms with van der Waals surface area (Å²) in [5.74, 6) is -0.416. The van der Waals surface area contributed by atoms with Gasteiger partial charge in [-0.2, -0.15) is 4.98 Å². The van der Waals surface area contributed by atoms with E-state index < -0.39 is 5.82 Å². The Kier molecular flexibility index (Phi) is 6.38. The van der Waals surface area contributed by atoms with Gasteiger partial charge in [-0.15, -0.1) is 0 Å². The van der Waals surface area contributed by atoms with Crippen LogP contribution in [0.4, 0.5) is 10.4 Å². The van der Waals surface area contributed by atoms with Gasteiger partial charge in [0.25, 0.3) is 11.9 Å². The van der Waals surface area contributed by atoms with Gasteiger partial charge in [-0.3, -0.25) is 4.79 Å². The summed E-state index contributed by atoms with van der Waals surface area (Å²) in [6, 6.07) is 10.1. The van der Waals surface area contributed by atoms with Gasteiger partial charge in [0.2, 0.25) is 0 Å². The molecule has 2 aromatic heterocycles. The predicted octanol–water partition coefficient (Wildman–Crippen LogP) is 5.74. The van der Waals surface area contributed by atoms with Crippen LogP contribution in [-0.4, -0.2) is 44.9 Å². The molecule has 1 aliphatic heterocycles. The molecule has 2 unspecified atom stereocenters. The second-order valence-electron chi connectivity index (χ2n) is 8.88. The molecule has 1 saturated heterocycles. The normalized spacial score (nSPS) is 18.1. The van der Waals surface area contributed by atoms with E-state index in [0.717, 1.165) is 18.4 Å². The van der Waals surface area contributed by atoms with E-state index in [1.165, 1.54) is 6.07 Å². The largest absolute Gasteiger partial charge is 0.424 e. The Hall–Kier alpha value is -3.52. The molecule has 2 atom stereocenters. The van der Waals surface area contributed by atoms with E-state index in [9.17, 15) is 4.79 Å². The van der Waals surface area contributed by atoms with E-state index in [0.29, 0.717) is 46.6 Å². The average Bonchev–Trinajstić information content (AvgIpc) is 3.26. The molecule has 3 heterocycles. The molecule has 35 heavy (non-hydrogen) atoms. The molecule has 1 N–H and O–H groups in total. The maximum Gasteiger partial charge on any atom is 0.295 e. The first-order chi connectivity index (χ1) is 16.9. The van der Waals surface area contributed by atoms with E-state index >= 15 is 4.39 Å². The molecule has 0 aliphatic carbocycles. The zero-order chi connectivity index (χ0) is 24.5. The molecular formula is C26H25ClFN5O2. The molecule has 2 aromatic carbocycles. The van der Waals surface area contributed by atoms with Crippen molar-refractivity contribution in [2.45, 2.75) is 32.7 Å². The SMILES string of the molecule is Cc1ccc(F)c(C(=O)N2CCCC(C)C2CNc2nc3ccc(Cl)cc3o2)c1-c1ncccn1. The van der Waals surface area contributed by atoms with Crippen LogP contribution in [0, 0.1) is 18.7 Å². The van der Waals surface area contributed by atoms with Crippen molar-refractivity contribution in [1.29, 1.82) is 0 Å². The predicted molar refractivity (Wildman–Crippen MR) is 133 cm³/mol. The van der Waals surface area contributed by atoms with E-state index in [4.69, 9.17) is 16.0 Å². The fourth-order valence-electron chi connectivity index (χ4n) is 4.73. The lowest BCUT2D eigenvalue weighted by Gasteiger charge is -2.40. The Labute approximate surface area is 207 Å². The number of aromatic nitrogens is 3. The van der Waals surface area contributed by atoms with Crippen LogP contribution in [0.25, 0.3) is 22.5 Å². The number of rotatable bonds is 5. The summed E-state index contributed by atoms with van der Waals surface area (Å²) in [6.45, 7) is 4.88. The molecule has 1 fully saturated rings. The first-order valence-electron chi connectivity index (χ1n) is 11.6. The number of anilines is 1. The molecule has 4 aromatic rings. The Balaban J connectivity index is 1.45. The number of benzene rings is 2. The van der Waals surface area contributed by atoms with Gasteiger partial charge in [-0.1, -0.05) is 24.6 Å². The number of hydrogen-bond donors (Lipinski definition) is 1. The molecule has 180 valence electrons. The molecular weight excluding hydrogens is 469 g/mol. The quantitative estimate of drug-likeness (QED) is 0.381. The summed E-state index contributed by atoms with van der Waals surface area (Å²) in [7, 11) is 0. The Morgan fingerprint density at radius 3 is 2.86 bits per heavy atom. The number of carbonyl (C=O) groups excluding carboxylic acids is 1. The van der Waals surface area contributed by atoms with Crippen LogP contribution in [0.15, 0.2) is 53.2 Å². The lowest BCUT2D eigenvalue weighted by atomic mass is 9.89. The Morgan fingerprint density at radius 1 is 1.26 bits per heavy atom. The van der Waals surface area contributed by atoms with Gasteiger partial charge in [0.05, 0.1) is 11.6 Å². The average molecular weight is 494 g/mol. The van der Waals surface area contributed by atoms with Gasteiger partial charge < -0.3 is 14.6 Å². The standard InChI is InChI=1S/C26H25ClFN5O2/c1-15-5-3-12-33(20(15)14-31-26-32-19-9-7-17(27)13-21(19)35-26)25(34)23-18(28)8-6-16(2)22(23)24-29-10-4-11-30-24/h4,6-11,13,15,20H,3,5,12,14H2,1-2H3,(H,31,32). The second kappa shape index (κ2) is 9.62. The third kappa shape index (κ3) is 4.58. The maximum atomic E-state index is 15.2. The number of carbonyl (C=O) groups is 1. The second-order valence-corrected chi connectivity index (χ2v) is 9.32. The first kappa shape index (κ1) is 23.2. The number of amides is 1. The van der Waals surface area contributed by atoms with Crippen molar-refractivity contribution in [2.24, 2.45) is 5.92 Å². The number of nitrogens with one attached hydrogen (secondary N) is 1. The number of hydrogen-bond acceptors (Lipinski definition) is 6. The van der Waals surface area contributed by atoms with Crippen LogP contribution in [0.5, 0.6) is 0 Å². The van der Waals surface area contributed by atoms with Crippen molar-refractivity contribution in [3.8, 4) is 11.4 Å². The zero-order valence-corrected chi connectivity index (χ0v) is 20.2. The van der Waals surface area contributed by atoms with Gasteiger partial charge in [0.1, 0.15) is 11.3 Å². The molecule has 0 spiro atoms. The Bertz CT molecular complexity index is 1380. The molecule has 1 aliphatic rings. The van der Waals surface area contributed by atoms with E-state index in [-0.39, 0.29) is 23.4 Å². The summed E-state index contributed by atoms with van der Waals surface area (Å²) in [5, 5.41) is 3.80. The number of likely N-dealkylation sites (tertiary alicyclic amines) is 1. The summed E-state index contributed by atoms with van der Waals surface area (Å²) < 4.78 is 21.0. The summed E-state index contributed by atoms with van der Waals surface area (Å²) in [6.07, 6.45) is 4.98. The van der Waals surface area contributed by atoms with Crippen molar-refractivity contribution in [3.05, 3.63) is 70.8 Å². The minimum atomic E-state index is -0.580. The maximum absolute atomic E-state index is 15.2. The number of piperidine rings is 1. The topological polar surface area (TPSA) is 84.2 Å². The van der Waals surface area contributed by atoms with Crippen molar-refractivity contribution in [1.82, 2.24) is 19.9 Å². The van der Waals surface area contributed by atoms with Crippen molar-refractivity contribution < 1.29 is 13.6 Å². The Morgan fingerprint density at radius 2 is 2.06 bits per heavy atom. The van der Waals surface area contributed by atoms with Gasteiger partial charge in [0, 0.05) is 42.1 Å². The molecule has 7 nitrogen and oxygen atoms in total. The monoisotopic (exact) mass is 493 g/mol. The van der Waals surface area contributed by atoms with E-state index in [1.807, 2.05) is 6.92 Å². The van der Waals surface area contributed by atoms with Crippen LogP contribution in [-0.2, 0) is 0 Å². The van der Waals surface area contributed by atoms with Crippen LogP contribution >= 0.6 is 11.6 Å². The van der Waals surface area contributed by atoms with Crippen LogP contribution in [0.3, 0.4) is 0 Å².